The van der Waals surface area contributed by atoms with Crippen molar-refractivity contribution in [3.05, 3.63) is 59.4 Å². The Hall–Kier alpha value is -2.62. The number of sulfonamides is 1. The van der Waals surface area contributed by atoms with Crippen LogP contribution in [0.25, 0.3) is 22.4 Å². The minimum absolute atomic E-state index is 0.0599. The Morgan fingerprint density at radius 2 is 1.81 bits per heavy atom. The fourth-order valence-corrected chi connectivity index (χ4v) is 3.19. The molecule has 9 heteroatoms. The SMILES string of the molecule is Cc1cc(-c2noc(CO)c2-c2ccc(S(N)(=O)=O)c(F)c2)ccc1F. The number of aromatic nitrogens is 1. The number of primary sulfonamides is 1. The first-order valence-electron chi connectivity index (χ1n) is 7.41. The number of aryl methyl sites for hydroxylation is 1. The molecule has 26 heavy (non-hydrogen) atoms. The fraction of sp³-hybridized carbons (Fsp3) is 0.118. The predicted octanol–water partition coefficient (Wildman–Crippen LogP) is 2.73. The molecule has 0 aliphatic heterocycles. The van der Waals surface area contributed by atoms with Crippen molar-refractivity contribution >= 4 is 10.0 Å². The zero-order chi connectivity index (χ0) is 19.1. The predicted molar refractivity (Wildman–Crippen MR) is 89.3 cm³/mol. The van der Waals surface area contributed by atoms with E-state index in [0.717, 1.165) is 12.1 Å². The number of nitrogens with two attached hydrogens (primary N) is 1. The topological polar surface area (TPSA) is 106 Å². The zero-order valence-electron chi connectivity index (χ0n) is 13.5. The van der Waals surface area contributed by atoms with Crippen molar-refractivity contribution in [1.82, 2.24) is 5.16 Å². The maximum absolute atomic E-state index is 14.2. The van der Waals surface area contributed by atoms with Gasteiger partial charge in [0, 0.05) is 5.56 Å². The van der Waals surface area contributed by atoms with Gasteiger partial charge in [-0.25, -0.2) is 22.3 Å². The third-order valence-electron chi connectivity index (χ3n) is 3.86. The molecule has 3 N–H and O–H groups in total. The van der Waals surface area contributed by atoms with Crippen LogP contribution in [0.1, 0.15) is 11.3 Å². The number of aliphatic hydroxyl groups is 1. The average molecular weight is 380 g/mol. The lowest BCUT2D eigenvalue weighted by atomic mass is 9.98. The highest BCUT2D eigenvalue weighted by atomic mass is 32.2. The van der Waals surface area contributed by atoms with Gasteiger partial charge < -0.3 is 9.63 Å². The highest BCUT2D eigenvalue weighted by Gasteiger charge is 2.22. The largest absolute Gasteiger partial charge is 0.388 e. The number of hydrogen-bond acceptors (Lipinski definition) is 5. The summed E-state index contributed by atoms with van der Waals surface area (Å²) in [5.74, 6) is -1.38. The summed E-state index contributed by atoms with van der Waals surface area (Å²) < 4.78 is 55.5. The van der Waals surface area contributed by atoms with Crippen molar-refractivity contribution in [2.45, 2.75) is 18.4 Å². The standard InChI is InChI=1S/C17H14F2N2O4S/c1-9-6-11(2-4-12(9)18)17-16(14(8-22)25-21-17)10-3-5-15(13(19)7-10)26(20,23)24/h2-7,22H,8H2,1H3,(H2,20,23,24). The highest BCUT2D eigenvalue weighted by Crippen LogP contribution is 2.36. The summed E-state index contributed by atoms with van der Waals surface area (Å²) in [5.41, 5.74) is 1.64. The molecule has 0 atom stereocenters. The van der Waals surface area contributed by atoms with Gasteiger partial charge in [0.15, 0.2) is 5.76 Å². The molecule has 0 aliphatic carbocycles. The minimum Gasteiger partial charge on any atom is -0.388 e. The van der Waals surface area contributed by atoms with Gasteiger partial charge in [0.2, 0.25) is 10.0 Å². The Bertz CT molecular complexity index is 1090. The van der Waals surface area contributed by atoms with E-state index >= 15 is 0 Å². The number of benzene rings is 2. The van der Waals surface area contributed by atoms with Gasteiger partial charge in [0.1, 0.15) is 28.8 Å². The number of halogens is 2. The minimum atomic E-state index is -4.21. The van der Waals surface area contributed by atoms with Crippen molar-refractivity contribution in [3.8, 4) is 22.4 Å². The van der Waals surface area contributed by atoms with Crippen molar-refractivity contribution < 1.29 is 26.8 Å². The third-order valence-corrected chi connectivity index (χ3v) is 4.81. The summed E-state index contributed by atoms with van der Waals surface area (Å²) in [4.78, 5) is -0.651. The van der Waals surface area contributed by atoms with Gasteiger partial charge in [0.25, 0.3) is 0 Å². The molecule has 6 nitrogen and oxygen atoms in total. The van der Waals surface area contributed by atoms with Crippen molar-refractivity contribution in [1.29, 1.82) is 0 Å². The number of rotatable bonds is 4. The van der Waals surface area contributed by atoms with E-state index in [2.05, 4.69) is 5.16 Å². The van der Waals surface area contributed by atoms with Crippen molar-refractivity contribution in [2.24, 2.45) is 5.14 Å². The van der Waals surface area contributed by atoms with Gasteiger partial charge >= 0.3 is 0 Å². The van der Waals surface area contributed by atoms with Crippen molar-refractivity contribution in [2.75, 3.05) is 0 Å². The van der Waals surface area contributed by atoms with Gasteiger partial charge in [-0.05, 0) is 48.4 Å². The molecule has 0 radical (unpaired) electrons. The summed E-state index contributed by atoms with van der Waals surface area (Å²) in [5, 5.41) is 18.3. The Morgan fingerprint density at radius 1 is 1.12 bits per heavy atom. The van der Waals surface area contributed by atoms with Crippen LogP contribution in [0.4, 0.5) is 8.78 Å². The van der Waals surface area contributed by atoms with E-state index in [4.69, 9.17) is 9.66 Å². The maximum atomic E-state index is 14.2. The summed E-state index contributed by atoms with van der Waals surface area (Å²) in [7, 11) is -4.21. The monoisotopic (exact) mass is 380 g/mol. The normalized spacial score (nSPS) is 11.7. The van der Waals surface area contributed by atoms with Crippen LogP contribution >= 0.6 is 0 Å². The molecule has 136 valence electrons. The maximum Gasteiger partial charge on any atom is 0.240 e. The molecule has 3 aromatic rings. The lowest BCUT2D eigenvalue weighted by Crippen LogP contribution is -2.14. The Labute approximate surface area is 147 Å². The molecule has 0 bridgehead atoms. The second-order valence-electron chi connectivity index (χ2n) is 5.64. The summed E-state index contributed by atoms with van der Waals surface area (Å²) in [6, 6.07) is 7.58. The van der Waals surface area contributed by atoms with Crippen LogP contribution < -0.4 is 5.14 Å². The number of aliphatic hydroxyl groups excluding tert-OH is 1. The second kappa shape index (κ2) is 6.60. The molecular formula is C17H14F2N2O4S. The van der Waals surface area contributed by atoms with Crippen molar-refractivity contribution in [3.63, 3.8) is 0 Å². The molecule has 1 aromatic heterocycles. The van der Waals surface area contributed by atoms with Gasteiger partial charge in [-0.3, -0.25) is 0 Å². The van der Waals surface area contributed by atoms with Crippen LogP contribution in [0.15, 0.2) is 45.8 Å². The summed E-state index contributed by atoms with van der Waals surface area (Å²) >= 11 is 0. The molecule has 0 aliphatic rings. The van der Waals surface area contributed by atoms with Crippen LogP contribution in [0.2, 0.25) is 0 Å². The molecule has 0 saturated heterocycles. The smallest absolute Gasteiger partial charge is 0.240 e. The van der Waals surface area contributed by atoms with Crippen LogP contribution in [0.5, 0.6) is 0 Å². The second-order valence-corrected chi connectivity index (χ2v) is 7.17. The first kappa shape index (κ1) is 18.2. The van der Waals surface area contributed by atoms with E-state index in [9.17, 15) is 22.3 Å². The van der Waals surface area contributed by atoms with Crippen LogP contribution in [-0.4, -0.2) is 18.7 Å². The van der Waals surface area contributed by atoms with Crippen LogP contribution in [-0.2, 0) is 16.6 Å². The van der Waals surface area contributed by atoms with E-state index in [1.807, 2.05) is 0 Å². The first-order valence-corrected chi connectivity index (χ1v) is 8.95. The molecule has 0 saturated carbocycles. The number of nitrogens with zero attached hydrogens (tertiary/aromatic N) is 1. The van der Waals surface area contributed by atoms with Crippen LogP contribution in [0.3, 0.4) is 0 Å². The van der Waals surface area contributed by atoms with Gasteiger partial charge in [-0.2, -0.15) is 0 Å². The van der Waals surface area contributed by atoms with E-state index in [1.165, 1.54) is 24.3 Å². The zero-order valence-corrected chi connectivity index (χ0v) is 14.3. The Morgan fingerprint density at radius 3 is 2.38 bits per heavy atom. The third kappa shape index (κ3) is 3.24. The molecule has 1 heterocycles. The fourth-order valence-electron chi connectivity index (χ4n) is 2.61. The lowest BCUT2D eigenvalue weighted by Gasteiger charge is -2.07. The Balaban J connectivity index is 2.20. The van der Waals surface area contributed by atoms with E-state index in [1.54, 1.807) is 6.92 Å². The molecule has 0 spiro atoms. The molecule has 0 amide bonds. The molecular weight excluding hydrogens is 366 g/mol. The van der Waals surface area contributed by atoms with E-state index in [-0.39, 0.29) is 22.6 Å². The molecule has 2 aromatic carbocycles. The Kier molecular flexibility index (Phi) is 4.61. The molecule has 0 fully saturated rings. The van der Waals surface area contributed by atoms with Gasteiger partial charge in [-0.15, -0.1) is 0 Å². The lowest BCUT2D eigenvalue weighted by molar-refractivity contribution is 0.230. The van der Waals surface area contributed by atoms with Crippen LogP contribution in [0, 0.1) is 18.6 Å². The first-order chi connectivity index (χ1) is 12.2. The average Bonchev–Trinajstić information content (AvgIpc) is 3.00. The van der Waals surface area contributed by atoms with E-state index in [0.29, 0.717) is 11.1 Å². The van der Waals surface area contributed by atoms with Gasteiger partial charge in [-0.1, -0.05) is 11.2 Å². The van der Waals surface area contributed by atoms with E-state index < -0.39 is 33.2 Å². The van der Waals surface area contributed by atoms with Gasteiger partial charge in [0.05, 0.1) is 5.56 Å². The quantitative estimate of drug-likeness (QED) is 0.724. The summed E-state index contributed by atoms with van der Waals surface area (Å²) in [6.07, 6.45) is 0. The number of hydrogen-bond donors (Lipinski definition) is 2. The summed E-state index contributed by atoms with van der Waals surface area (Å²) in [6.45, 7) is 1.06. The highest BCUT2D eigenvalue weighted by molar-refractivity contribution is 7.89. The molecule has 0 unspecified atom stereocenters. The molecule has 3 rings (SSSR count).